The van der Waals surface area contributed by atoms with E-state index in [0.29, 0.717) is 0 Å². The molecule has 0 radical (unpaired) electrons. The van der Waals surface area contributed by atoms with E-state index in [9.17, 15) is 0 Å². The van der Waals surface area contributed by atoms with E-state index in [0.717, 1.165) is 0 Å². The Labute approximate surface area is 197 Å². The molecule has 0 saturated heterocycles. The van der Waals surface area contributed by atoms with Gasteiger partial charge in [-0.15, -0.1) is 0 Å². The van der Waals surface area contributed by atoms with Crippen LogP contribution in [0.5, 0.6) is 0 Å². The van der Waals surface area contributed by atoms with Crippen LogP contribution in [0.15, 0.2) is 127 Å². The first-order valence-electron chi connectivity index (χ1n) is 10.4. The summed E-state index contributed by atoms with van der Waals surface area (Å²) < 4.78 is 1.23. The Morgan fingerprint density at radius 2 is 0.645 bits per heavy atom. The molecule has 0 unspecified atom stereocenters. The standard InChI is InChI=1S/C30H21I/c31-26-20-24(29-17-9-7-15-27(29)22-11-3-1-4-12-22)19-25(21-26)30-18-10-8-16-28(30)23-13-5-2-6-14-23/h1-21H. The molecule has 148 valence electrons. The van der Waals surface area contributed by atoms with Gasteiger partial charge in [0.15, 0.2) is 0 Å². The normalized spacial score (nSPS) is 10.7. The Morgan fingerprint density at radius 1 is 0.323 bits per heavy atom. The lowest BCUT2D eigenvalue weighted by Crippen LogP contribution is -1.90. The Kier molecular flexibility index (Phi) is 5.68. The van der Waals surface area contributed by atoms with E-state index in [1.54, 1.807) is 0 Å². The third-order valence-corrected chi connectivity index (χ3v) is 6.17. The lowest BCUT2D eigenvalue weighted by Gasteiger charge is -2.15. The highest BCUT2D eigenvalue weighted by Gasteiger charge is 2.12. The van der Waals surface area contributed by atoms with Crippen LogP contribution in [0, 0.1) is 3.57 Å². The highest BCUT2D eigenvalue weighted by Crippen LogP contribution is 2.38. The predicted octanol–water partition coefficient (Wildman–Crippen LogP) is 8.96. The second-order valence-corrected chi connectivity index (χ2v) is 8.80. The molecule has 5 rings (SSSR count). The van der Waals surface area contributed by atoms with Crippen molar-refractivity contribution < 1.29 is 0 Å². The van der Waals surface area contributed by atoms with Crippen LogP contribution in [-0.4, -0.2) is 0 Å². The molecule has 0 heterocycles. The summed E-state index contributed by atoms with van der Waals surface area (Å²) in [6.07, 6.45) is 0. The maximum absolute atomic E-state index is 2.44. The highest BCUT2D eigenvalue weighted by molar-refractivity contribution is 14.1. The topological polar surface area (TPSA) is 0 Å². The third-order valence-electron chi connectivity index (χ3n) is 5.54. The van der Waals surface area contributed by atoms with Gasteiger partial charge < -0.3 is 0 Å². The van der Waals surface area contributed by atoms with E-state index >= 15 is 0 Å². The average molecular weight is 508 g/mol. The molecule has 0 N–H and O–H groups in total. The first kappa shape index (κ1) is 19.8. The summed E-state index contributed by atoms with van der Waals surface area (Å²) in [5.74, 6) is 0. The summed E-state index contributed by atoms with van der Waals surface area (Å²) in [7, 11) is 0. The van der Waals surface area contributed by atoms with Crippen molar-refractivity contribution >= 4 is 22.6 Å². The van der Waals surface area contributed by atoms with Crippen LogP contribution in [0.2, 0.25) is 0 Å². The molecule has 0 fully saturated rings. The summed E-state index contributed by atoms with van der Waals surface area (Å²) in [5, 5.41) is 0. The maximum Gasteiger partial charge on any atom is 0.0142 e. The summed E-state index contributed by atoms with van der Waals surface area (Å²) >= 11 is 2.44. The van der Waals surface area contributed by atoms with Gasteiger partial charge in [-0.25, -0.2) is 0 Å². The van der Waals surface area contributed by atoms with Gasteiger partial charge in [-0.3, -0.25) is 0 Å². The minimum Gasteiger partial charge on any atom is -0.0622 e. The van der Waals surface area contributed by atoms with Crippen LogP contribution in [0.4, 0.5) is 0 Å². The molecule has 0 aliphatic heterocycles. The maximum atomic E-state index is 2.44. The Bertz CT molecular complexity index is 1220. The molecular weight excluding hydrogens is 487 g/mol. The Balaban J connectivity index is 1.68. The van der Waals surface area contributed by atoms with Gasteiger partial charge in [-0.1, -0.05) is 109 Å². The first-order chi connectivity index (χ1) is 15.3. The van der Waals surface area contributed by atoms with Gasteiger partial charge in [0.25, 0.3) is 0 Å². The van der Waals surface area contributed by atoms with Crippen molar-refractivity contribution in [3.63, 3.8) is 0 Å². The van der Waals surface area contributed by atoms with Crippen molar-refractivity contribution in [3.8, 4) is 44.5 Å². The van der Waals surface area contributed by atoms with Crippen LogP contribution in [-0.2, 0) is 0 Å². The number of rotatable bonds is 4. The van der Waals surface area contributed by atoms with Gasteiger partial charge in [-0.2, -0.15) is 0 Å². The van der Waals surface area contributed by atoms with E-state index in [-0.39, 0.29) is 0 Å². The minimum atomic E-state index is 1.23. The molecule has 5 aromatic rings. The van der Waals surface area contributed by atoms with E-state index in [1.165, 1.54) is 48.1 Å². The van der Waals surface area contributed by atoms with E-state index in [2.05, 4.69) is 150 Å². The molecule has 0 amide bonds. The van der Waals surface area contributed by atoms with E-state index in [4.69, 9.17) is 0 Å². The molecule has 0 aromatic heterocycles. The monoisotopic (exact) mass is 508 g/mol. The molecule has 5 aromatic carbocycles. The highest BCUT2D eigenvalue weighted by atomic mass is 127. The lowest BCUT2D eigenvalue weighted by atomic mass is 9.90. The summed E-state index contributed by atoms with van der Waals surface area (Å²) in [6, 6.07) is 45.5. The predicted molar refractivity (Wildman–Crippen MR) is 141 cm³/mol. The van der Waals surface area contributed by atoms with Crippen LogP contribution < -0.4 is 0 Å². The lowest BCUT2D eigenvalue weighted by molar-refractivity contribution is 1.54. The molecule has 0 spiro atoms. The summed E-state index contributed by atoms with van der Waals surface area (Å²) in [5.41, 5.74) is 9.98. The second-order valence-electron chi connectivity index (χ2n) is 7.55. The van der Waals surface area contributed by atoms with E-state index < -0.39 is 0 Å². The fourth-order valence-electron chi connectivity index (χ4n) is 4.11. The zero-order valence-electron chi connectivity index (χ0n) is 17.0. The number of halogens is 1. The van der Waals surface area contributed by atoms with Gasteiger partial charge in [0.05, 0.1) is 0 Å². The molecule has 0 bridgehead atoms. The fourth-order valence-corrected chi connectivity index (χ4v) is 4.78. The second kappa shape index (κ2) is 8.91. The van der Waals surface area contributed by atoms with Crippen molar-refractivity contribution in [2.75, 3.05) is 0 Å². The molecule has 0 saturated carbocycles. The summed E-state index contributed by atoms with van der Waals surface area (Å²) in [4.78, 5) is 0. The summed E-state index contributed by atoms with van der Waals surface area (Å²) in [6.45, 7) is 0. The molecule has 1 heteroatoms. The van der Waals surface area contributed by atoms with Crippen molar-refractivity contribution in [1.82, 2.24) is 0 Å². The van der Waals surface area contributed by atoms with Crippen molar-refractivity contribution in [1.29, 1.82) is 0 Å². The molecule has 0 nitrogen and oxygen atoms in total. The van der Waals surface area contributed by atoms with Gasteiger partial charge in [0.1, 0.15) is 0 Å². The Morgan fingerprint density at radius 3 is 1.03 bits per heavy atom. The minimum absolute atomic E-state index is 1.23. The zero-order chi connectivity index (χ0) is 21.0. The number of benzene rings is 5. The largest absolute Gasteiger partial charge is 0.0622 e. The van der Waals surface area contributed by atoms with Gasteiger partial charge >= 0.3 is 0 Å². The van der Waals surface area contributed by atoms with Crippen LogP contribution in [0.25, 0.3) is 44.5 Å². The average Bonchev–Trinajstić information content (AvgIpc) is 2.85. The van der Waals surface area contributed by atoms with Crippen LogP contribution >= 0.6 is 22.6 Å². The zero-order valence-corrected chi connectivity index (χ0v) is 19.2. The van der Waals surface area contributed by atoms with Gasteiger partial charge in [0, 0.05) is 3.57 Å². The first-order valence-corrected chi connectivity index (χ1v) is 11.5. The molecule has 0 aliphatic rings. The van der Waals surface area contributed by atoms with Gasteiger partial charge in [-0.05, 0) is 85.3 Å². The van der Waals surface area contributed by atoms with Crippen molar-refractivity contribution in [2.24, 2.45) is 0 Å². The molecule has 0 atom stereocenters. The van der Waals surface area contributed by atoms with Gasteiger partial charge in [0.2, 0.25) is 0 Å². The van der Waals surface area contributed by atoms with Crippen molar-refractivity contribution in [3.05, 3.63) is 131 Å². The van der Waals surface area contributed by atoms with Crippen LogP contribution in [0.1, 0.15) is 0 Å². The Hall–Kier alpha value is -3.17. The molecule has 0 aliphatic carbocycles. The third kappa shape index (κ3) is 4.19. The number of hydrogen-bond acceptors (Lipinski definition) is 0. The number of hydrogen-bond donors (Lipinski definition) is 0. The smallest absolute Gasteiger partial charge is 0.0142 e. The van der Waals surface area contributed by atoms with Crippen LogP contribution in [0.3, 0.4) is 0 Å². The van der Waals surface area contributed by atoms with Crippen molar-refractivity contribution in [2.45, 2.75) is 0 Å². The molecule has 31 heavy (non-hydrogen) atoms. The van der Waals surface area contributed by atoms with E-state index in [1.807, 2.05) is 0 Å². The fraction of sp³-hybridized carbons (Fsp3) is 0. The SMILES string of the molecule is Ic1cc(-c2ccccc2-c2ccccc2)cc(-c2ccccc2-c2ccccc2)c1. The quantitative estimate of drug-likeness (QED) is 0.213. The molecular formula is C30H21I.